The third kappa shape index (κ3) is 3.40. The molecule has 3 nitrogen and oxygen atoms in total. The van der Waals surface area contributed by atoms with Crippen LogP contribution in [-0.4, -0.2) is 23.1 Å². The van der Waals surface area contributed by atoms with Gasteiger partial charge in [0, 0.05) is 24.8 Å². The molecule has 0 spiro atoms. The number of pyridine rings is 1. The van der Waals surface area contributed by atoms with E-state index in [1.54, 1.807) is 6.20 Å². The highest BCUT2D eigenvalue weighted by Gasteiger charge is 2.24. The van der Waals surface area contributed by atoms with E-state index in [0.29, 0.717) is 11.0 Å². The molecule has 0 aromatic carbocycles. The van der Waals surface area contributed by atoms with Gasteiger partial charge in [-0.2, -0.15) is 0 Å². The van der Waals surface area contributed by atoms with Crippen molar-refractivity contribution >= 4 is 23.0 Å². The predicted octanol–water partition coefficient (Wildman–Crippen LogP) is 2.59. The molecule has 0 aliphatic carbocycles. The minimum absolute atomic E-state index is 0.190. The van der Waals surface area contributed by atoms with Crippen molar-refractivity contribution in [2.24, 2.45) is 11.1 Å². The molecule has 1 aromatic heterocycles. The standard InChI is InChI=1S/C13H21N3S/c1-9(13(2,3)4)16(5)11-8-10(12(14)17)6-7-15-11/h6-9H,1-5H3,(H2,14,17). The van der Waals surface area contributed by atoms with Crippen LogP contribution >= 0.6 is 12.2 Å². The third-order valence-corrected chi connectivity index (χ3v) is 3.46. The minimum atomic E-state index is 0.190. The normalized spacial score (nSPS) is 13.2. The SMILES string of the molecule is CC(N(C)c1cc(C(N)=S)ccn1)C(C)(C)C. The summed E-state index contributed by atoms with van der Waals surface area (Å²) < 4.78 is 0. The van der Waals surface area contributed by atoms with Gasteiger partial charge in [0.25, 0.3) is 0 Å². The van der Waals surface area contributed by atoms with E-state index in [1.807, 2.05) is 19.2 Å². The number of hydrogen-bond acceptors (Lipinski definition) is 3. The molecule has 1 atom stereocenters. The van der Waals surface area contributed by atoms with E-state index >= 15 is 0 Å². The Hall–Kier alpha value is -1.16. The first-order chi connectivity index (χ1) is 7.73. The van der Waals surface area contributed by atoms with E-state index in [0.717, 1.165) is 11.4 Å². The smallest absolute Gasteiger partial charge is 0.129 e. The number of thiocarbonyl (C=S) groups is 1. The van der Waals surface area contributed by atoms with E-state index in [1.165, 1.54) is 0 Å². The molecular formula is C13H21N3S. The van der Waals surface area contributed by atoms with Crippen LogP contribution in [0.1, 0.15) is 33.3 Å². The van der Waals surface area contributed by atoms with E-state index in [-0.39, 0.29) is 5.41 Å². The Morgan fingerprint density at radius 1 is 1.47 bits per heavy atom. The summed E-state index contributed by atoms with van der Waals surface area (Å²) in [6, 6.07) is 4.14. The van der Waals surface area contributed by atoms with E-state index in [4.69, 9.17) is 18.0 Å². The van der Waals surface area contributed by atoms with Gasteiger partial charge in [0.05, 0.1) is 0 Å². The van der Waals surface area contributed by atoms with Crippen LogP contribution in [0.25, 0.3) is 0 Å². The topological polar surface area (TPSA) is 42.1 Å². The number of nitrogens with zero attached hydrogens (tertiary/aromatic N) is 2. The molecule has 0 amide bonds. The van der Waals surface area contributed by atoms with Crippen molar-refractivity contribution in [1.29, 1.82) is 0 Å². The number of rotatable bonds is 3. The van der Waals surface area contributed by atoms with Crippen molar-refractivity contribution in [3.8, 4) is 0 Å². The van der Waals surface area contributed by atoms with Crippen molar-refractivity contribution in [1.82, 2.24) is 4.98 Å². The molecular weight excluding hydrogens is 230 g/mol. The average Bonchev–Trinajstić information content (AvgIpc) is 2.26. The van der Waals surface area contributed by atoms with Crippen molar-refractivity contribution in [3.05, 3.63) is 23.9 Å². The molecule has 1 heterocycles. The third-order valence-electron chi connectivity index (χ3n) is 3.23. The lowest BCUT2D eigenvalue weighted by molar-refractivity contribution is 0.328. The summed E-state index contributed by atoms with van der Waals surface area (Å²) >= 11 is 4.98. The molecule has 1 unspecified atom stereocenters. The second kappa shape index (κ2) is 5.00. The first kappa shape index (κ1) is 13.9. The Morgan fingerprint density at radius 3 is 2.53 bits per heavy atom. The van der Waals surface area contributed by atoms with Crippen LogP contribution in [0.2, 0.25) is 0 Å². The van der Waals surface area contributed by atoms with Gasteiger partial charge in [-0.25, -0.2) is 4.98 Å². The Balaban J connectivity index is 3.00. The van der Waals surface area contributed by atoms with Crippen LogP contribution in [-0.2, 0) is 0 Å². The molecule has 94 valence electrons. The fourth-order valence-electron chi connectivity index (χ4n) is 1.54. The van der Waals surface area contributed by atoms with Gasteiger partial charge in [-0.3, -0.25) is 0 Å². The highest BCUT2D eigenvalue weighted by Crippen LogP contribution is 2.26. The number of anilines is 1. The van der Waals surface area contributed by atoms with E-state index in [9.17, 15) is 0 Å². The van der Waals surface area contributed by atoms with E-state index in [2.05, 4.69) is 37.6 Å². The molecule has 17 heavy (non-hydrogen) atoms. The number of nitrogens with two attached hydrogens (primary N) is 1. The highest BCUT2D eigenvalue weighted by molar-refractivity contribution is 7.80. The molecule has 1 aromatic rings. The highest BCUT2D eigenvalue weighted by atomic mass is 32.1. The van der Waals surface area contributed by atoms with Gasteiger partial charge < -0.3 is 10.6 Å². The molecule has 0 radical (unpaired) electrons. The second-order valence-electron chi connectivity index (χ2n) is 5.42. The summed E-state index contributed by atoms with van der Waals surface area (Å²) in [6.45, 7) is 8.83. The summed E-state index contributed by atoms with van der Waals surface area (Å²) in [5, 5.41) is 0. The molecule has 0 saturated heterocycles. The average molecular weight is 251 g/mol. The summed E-state index contributed by atoms with van der Waals surface area (Å²) in [7, 11) is 2.04. The lowest BCUT2D eigenvalue weighted by Gasteiger charge is -2.36. The Labute approximate surface area is 109 Å². The molecule has 0 aliphatic heterocycles. The van der Waals surface area contributed by atoms with Gasteiger partial charge >= 0.3 is 0 Å². The van der Waals surface area contributed by atoms with Crippen molar-refractivity contribution in [2.75, 3.05) is 11.9 Å². The van der Waals surface area contributed by atoms with Gasteiger partial charge in [0.15, 0.2) is 0 Å². The maximum atomic E-state index is 5.63. The monoisotopic (exact) mass is 251 g/mol. The first-order valence-corrected chi connectivity index (χ1v) is 6.13. The van der Waals surface area contributed by atoms with Crippen LogP contribution in [0.5, 0.6) is 0 Å². The molecule has 1 rings (SSSR count). The van der Waals surface area contributed by atoms with Gasteiger partial charge in [-0.05, 0) is 24.5 Å². The molecule has 0 saturated carbocycles. The van der Waals surface area contributed by atoms with Crippen LogP contribution in [0.3, 0.4) is 0 Å². The van der Waals surface area contributed by atoms with Crippen LogP contribution in [0, 0.1) is 5.41 Å². The summed E-state index contributed by atoms with van der Waals surface area (Å²) in [6.07, 6.45) is 1.75. The second-order valence-corrected chi connectivity index (χ2v) is 5.86. The molecule has 0 aliphatic rings. The molecule has 0 bridgehead atoms. The fourth-order valence-corrected chi connectivity index (χ4v) is 1.67. The zero-order valence-corrected chi connectivity index (χ0v) is 12.0. The quantitative estimate of drug-likeness (QED) is 0.839. The van der Waals surface area contributed by atoms with Crippen LogP contribution in [0.4, 0.5) is 5.82 Å². The van der Waals surface area contributed by atoms with Crippen LogP contribution in [0.15, 0.2) is 18.3 Å². The Morgan fingerprint density at radius 2 is 2.06 bits per heavy atom. The first-order valence-electron chi connectivity index (χ1n) is 5.72. The molecule has 0 fully saturated rings. The summed E-state index contributed by atoms with van der Waals surface area (Å²) in [4.78, 5) is 6.93. The molecule has 4 heteroatoms. The fraction of sp³-hybridized carbons (Fsp3) is 0.538. The van der Waals surface area contributed by atoms with Gasteiger partial charge in [-0.1, -0.05) is 33.0 Å². The predicted molar refractivity (Wildman–Crippen MR) is 77.4 cm³/mol. The van der Waals surface area contributed by atoms with Crippen molar-refractivity contribution < 1.29 is 0 Å². The van der Waals surface area contributed by atoms with Gasteiger partial charge in [0.1, 0.15) is 10.8 Å². The summed E-state index contributed by atoms with van der Waals surface area (Å²) in [5.74, 6) is 0.901. The largest absolute Gasteiger partial charge is 0.389 e. The minimum Gasteiger partial charge on any atom is -0.389 e. The maximum absolute atomic E-state index is 5.63. The molecule has 2 N–H and O–H groups in total. The van der Waals surface area contributed by atoms with Gasteiger partial charge in [0.2, 0.25) is 0 Å². The van der Waals surface area contributed by atoms with Crippen molar-refractivity contribution in [3.63, 3.8) is 0 Å². The zero-order valence-electron chi connectivity index (χ0n) is 11.2. The van der Waals surface area contributed by atoms with E-state index < -0.39 is 0 Å². The number of aromatic nitrogens is 1. The maximum Gasteiger partial charge on any atom is 0.129 e. The number of hydrogen-bond donors (Lipinski definition) is 1. The zero-order chi connectivity index (χ0) is 13.2. The Kier molecular flexibility index (Phi) is 4.09. The lowest BCUT2D eigenvalue weighted by Crippen LogP contribution is -2.39. The Bertz CT molecular complexity index is 409. The summed E-state index contributed by atoms with van der Waals surface area (Å²) in [5.41, 5.74) is 6.68. The lowest BCUT2D eigenvalue weighted by atomic mass is 9.87. The van der Waals surface area contributed by atoms with Crippen molar-refractivity contribution in [2.45, 2.75) is 33.7 Å². The van der Waals surface area contributed by atoms with Gasteiger partial charge in [-0.15, -0.1) is 0 Å². The van der Waals surface area contributed by atoms with Crippen LogP contribution < -0.4 is 10.6 Å².